The number of ketones is 1. The number of anilines is 1. The highest BCUT2D eigenvalue weighted by Gasteiger charge is 2.43. The van der Waals surface area contributed by atoms with Crippen molar-refractivity contribution in [1.82, 2.24) is 0 Å². The molecule has 0 saturated carbocycles. The summed E-state index contributed by atoms with van der Waals surface area (Å²) >= 11 is 0.868. The van der Waals surface area contributed by atoms with E-state index in [1.54, 1.807) is 0 Å². The Kier molecular flexibility index (Phi) is 6.28. The van der Waals surface area contributed by atoms with E-state index < -0.39 is 22.1 Å². The van der Waals surface area contributed by atoms with Crippen molar-refractivity contribution < 1.29 is 31.2 Å². The van der Waals surface area contributed by atoms with Gasteiger partial charge in [0, 0.05) is 18.2 Å². The first-order valence-corrected chi connectivity index (χ1v) is 11.4. The fourth-order valence-electron chi connectivity index (χ4n) is 3.20. The van der Waals surface area contributed by atoms with Crippen LogP contribution in [0, 0.1) is 5.92 Å². The molecule has 0 heterocycles. The van der Waals surface area contributed by atoms with Crippen molar-refractivity contribution in [3.63, 3.8) is 0 Å². The van der Waals surface area contributed by atoms with Crippen LogP contribution in [0.3, 0.4) is 0 Å². The maximum Gasteiger partial charge on any atom is 0.392 e. The number of benzene rings is 2. The van der Waals surface area contributed by atoms with Crippen LogP contribution in [0.15, 0.2) is 47.4 Å². The van der Waals surface area contributed by atoms with E-state index in [0.29, 0.717) is 11.1 Å². The third-order valence-electron chi connectivity index (χ3n) is 4.75. The number of thioether (sulfide) groups is 1. The molecule has 0 amide bonds. The van der Waals surface area contributed by atoms with Crippen LogP contribution < -0.4 is 4.72 Å². The van der Waals surface area contributed by atoms with E-state index in [1.807, 2.05) is 0 Å². The summed E-state index contributed by atoms with van der Waals surface area (Å²) in [6.07, 6.45) is -4.58. The summed E-state index contributed by atoms with van der Waals surface area (Å²) in [7, 11) is -3.98. The average molecular weight is 457 g/mol. The van der Waals surface area contributed by atoms with Crippen LogP contribution in [-0.4, -0.2) is 31.2 Å². The van der Waals surface area contributed by atoms with Gasteiger partial charge in [0.25, 0.3) is 10.0 Å². The summed E-state index contributed by atoms with van der Waals surface area (Å²) in [6.45, 7) is 1.35. The van der Waals surface area contributed by atoms with E-state index in [0.717, 1.165) is 11.8 Å². The molecule has 1 aliphatic rings. The van der Waals surface area contributed by atoms with Gasteiger partial charge in [-0.3, -0.25) is 14.3 Å². The van der Waals surface area contributed by atoms with Gasteiger partial charge in [0.1, 0.15) is 0 Å². The van der Waals surface area contributed by atoms with Gasteiger partial charge >= 0.3 is 6.18 Å². The molecule has 0 spiro atoms. The number of Topliss-reactive ketones (excluding diaryl/α,β-unsaturated/α-hetero) is 1. The molecule has 0 aliphatic heterocycles. The van der Waals surface area contributed by atoms with Crippen LogP contribution in [0.4, 0.5) is 18.9 Å². The molecule has 160 valence electrons. The number of halogens is 3. The second-order valence-corrected chi connectivity index (χ2v) is 9.80. The molecule has 0 radical (unpaired) electrons. The molecule has 1 unspecified atom stereocenters. The molecule has 1 aliphatic carbocycles. The first kappa shape index (κ1) is 22.4. The van der Waals surface area contributed by atoms with Gasteiger partial charge < -0.3 is 0 Å². The maximum absolute atomic E-state index is 12.9. The predicted molar refractivity (Wildman–Crippen MR) is 108 cm³/mol. The van der Waals surface area contributed by atoms with E-state index in [2.05, 4.69) is 4.72 Å². The molecule has 0 saturated heterocycles. The minimum absolute atomic E-state index is 0.0340. The van der Waals surface area contributed by atoms with Gasteiger partial charge in [0.2, 0.25) is 0 Å². The largest absolute Gasteiger partial charge is 0.392 e. The Bertz CT molecular complexity index is 1080. The van der Waals surface area contributed by atoms with Crippen LogP contribution in [0.1, 0.15) is 28.4 Å². The number of fused-ring (bicyclic) bond motifs is 1. The number of hydrogen-bond acceptors (Lipinski definition) is 5. The summed E-state index contributed by atoms with van der Waals surface area (Å²) < 4.78 is 66.4. The molecule has 0 aromatic heterocycles. The van der Waals surface area contributed by atoms with Crippen LogP contribution in [-0.2, 0) is 27.7 Å². The van der Waals surface area contributed by atoms with Gasteiger partial charge in [0.05, 0.1) is 16.6 Å². The second-order valence-electron chi connectivity index (χ2n) is 6.96. The second kappa shape index (κ2) is 8.43. The Balaban J connectivity index is 1.72. The van der Waals surface area contributed by atoms with Gasteiger partial charge in [-0.05, 0) is 48.2 Å². The van der Waals surface area contributed by atoms with Crippen molar-refractivity contribution in [3.05, 3.63) is 59.2 Å². The number of alkyl halides is 3. The molecule has 0 bridgehead atoms. The number of hydrogen-bond donors (Lipinski definition) is 1. The molecule has 2 aromatic rings. The highest BCUT2D eigenvalue weighted by atomic mass is 32.2. The van der Waals surface area contributed by atoms with E-state index in [9.17, 15) is 31.2 Å². The standard InChI is InChI=1S/C20H18F3NO4S2/c1-12(25)29-11-19(26)13-3-6-18(7-4-13)30(27,28)24-17-5-2-14-8-16(20(21,22)23)9-15(14)10-17/h2-7,10,16,24H,8-9,11H2,1H3. The van der Waals surface area contributed by atoms with Crippen molar-refractivity contribution in [1.29, 1.82) is 0 Å². The van der Waals surface area contributed by atoms with Gasteiger partial charge in [-0.1, -0.05) is 30.0 Å². The molecular formula is C20H18F3NO4S2. The number of rotatable bonds is 6. The van der Waals surface area contributed by atoms with Gasteiger partial charge in [-0.25, -0.2) is 8.42 Å². The number of sulfonamides is 1. The highest BCUT2D eigenvalue weighted by Crippen LogP contribution is 2.39. The topological polar surface area (TPSA) is 80.3 Å². The van der Waals surface area contributed by atoms with Crippen LogP contribution in [0.25, 0.3) is 0 Å². The quantitative estimate of drug-likeness (QED) is 0.657. The summed E-state index contributed by atoms with van der Waals surface area (Å²) in [4.78, 5) is 22.8. The van der Waals surface area contributed by atoms with Crippen molar-refractivity contribution in [3.8, 4) is 0 Å². The fraction of sp³-hybridized carbons (Fsp3) is 0.300. The van der Waals surface area contributed by atoms with Gasteiger partial charge in [-0.15, -0.1) is 0 Å². The summed E-state index contributed by atoms with van der Waals surface area (Å²) in [5, 5.41) is -0.192. The third-order valence-corrected chi connectivity index (χ3v) is 6.96. The lowest BCUT2D eigenvalue weighted by molar-refractivity contribution is -0.171. The van der Waals surface area contributed by atoms with Crippen molar-refractivity contribution >= 4 is 38.4 Å². The zero-order chi connectivity index (χ0) is 22.1. The summed E-state index contributed by atoms with van der Waals surface area (Å²) in [5.41, 5.74) is 1.49. The molecule has 2 aromatic carbocycles. The van der Waals surface area contributed by atoms with E-state index in [1.165, 1.54) is 49.4 Å². The molecule has 3 rings (SSSR count). The lowest BCUT2D eigenvalue weighted by atomic mass is 10.1. The first-order chi connectivity index (χ1) is 14.0. The van der Waals surface area contributed by atoms with Crippen LogP contribution in [0.2, 0.25) is 0 Å². The number of carbonyl (C=O) groups excluding carboxylic acids is 2. The Hall–Kier alpha value is -2.33. The molecule has 30 heavy (non-hydrogen) atoms. The maximum atomic E-state index is 12.9. The average Bonchev–Trinajstić information content (AvgIpc) is 3.10. The zero-order valence-corrected chi connectivity index (χ0v) is 17.5. The van der Waals surface area contributed by atoms with Gasteiger partial charge in [0.15, 0.2) is 10.9 Å². The van der Waals surface area contributed by atoms with E-state index in [-0.39, 0.29) is 45.6 Å². The van der Waals surface area contributed by atoms with Gasteiger partial charge in [-0.2, -0.15) is 13.2 Å². The SMILES string of the molecule is CC(=O)SCC(=O)c1ccc(S(=O)(=O)Nc2ccc3c(c2)CC(C(F)(F)F)C3)cc1. The normalized spacial score (nSPS) is 16.2. The molecule has 0 fully saturated rings. The number of nitrogens with one attached hydrogen (secondary N) is 1. The molecule has 10 heteroatoms. The van der Waals surface area contributed by atoms with Crippen molar-refractivity contribution in [2.45, 2.75) is 30.8 Å². The summed E-state index contributed by atoms with van der Waals surface area (Å²) in [6, 6.07) is 9.61. The van der Waals surface area contributed by atoms with Crippen molar-refractivity contribution in [2.75, 3.05) is 10.5 Å². The minimum Gasteiger partial charge on any atom is -0.293 e. The Labute approximate surface area is 176 Å². The van der Waals surface area contributed by atoms with E-state index in [4.69, 9.17) is 0 Å². The highest BCUT2D eigenvalue weighted by molar-refractivity contribution is 8.14. The molecular weight excluding hydrogens is 439 g/mol. The fourth-order valence-corrected chi connectivity index (χ4v) is 4.75. The molecule has 5 nitrogen and oxygen atoms in total. The Morgan fingerprint density at radius 2 is 1.70 bits per heavy atom. The lowest BCUT2D eigenvalue weighted by Gasteiger charge is -2.12. The predicted octanol–water partition coefficient (Wildman–Crippen LogP) is 4.23. The Morgan fingerprint density at radius 1 is 1.07 bits per heavy atom. The summed E-state index contributed by atoms with van der Waals surface area (Å²) in [5.74, 6) is -1.79. The third kappa shape index (κ3) is 5.23. The monoisotopic (exact) mass is 457 g/mol. The van der Waals surface area contributed by atoms with Crippen molar-refractivity contribution in [2.24, 2.45) is 5.92 Å². The minimum atomic E-state index is -4.29. The van der Waals surface area contributed by atoms with Crippen LogP contribution >= 0.6 is 11.8 Å². The first-order valence-electron chi connectivity index (χ1n) is 8.93. The Morgan fingerprint density at radius 3 is 2.30 bits per heavy atom. The molecule has 1 atom stereocenters. The van der Waals surface area contributed by atoms with E-state index >= 15 is 0 Å². The smallest absolute Gasteiger partial charge is 0.293 e. The van der Waals surface area contributed by atoms with Crippen LogP contribution in [0.5, 0.6) is 0 Å². The zero-order valence-electron chi connectivity index (χ0n) is 15.8. The molecule has 1 N–H and O–H groups in total. The lowest BCUT2D eigenvalue weighted by Crippen LogP contribution is -2.22. The number of carbonyl (C=O) groups is 2.